The summed E-state index contributed by atoms with van der Waals surface area (Å²) in [5, 5.41) is 15.0. The molecule has 0 aromatic heterocycles. The van der Waals surface area contributed by atoms with Crippen molar-refractivity contribution < 1.29 is 22.6 Å². The normalized spacial score (nSPS) is 25.4. The first kappa shape index (κ1) is 22.3. The number of rotatable bonds is 11. The van der Waals surface area contributed by atoms with E-state index >= 15 is 0 Å². The van der Waals surface area contributed by atoms with Gasteiger partial charge in [-0.2, -0.15) is 0 Å². The highest BCUT2D eigenvalue weighted by atomic mass is 32.2. The second kappa shape index (κ2) is 8.90. The number of sulfonamides is 1. The molecule has 2 aliphatic carbocycles. The molecule has 3 aliphatic rings. The summed E-state index contributed by atoms with van der Waals surface area (Å²) in [7, 11) is -3.46. The standard InChI is InChI=1S/C22H31N3O5S/c26-21-9-13-25(27,17-23-21)12-2-1-3-14-31(28,29)24-22(10-11-22)19-5-4-6-20(15-19)30-16-18-7-8-18/h1-2,4-6,15,18,24H,3,7-14,16-17H2,(H,23,26)/b2-1+. The fraction of sp³-hybridized carbons (Fsp3) is 0.591. The number of carbonyl (C=O) groups is 1. The molecule has 0 bridgehead atoms. The van der Waals surface area contributed by atoms with Gasteiger partial charge in [0, 0.05) is 0 Å². The summed E-state index contributed by atoms with van der Waals surface area (Å²) in [4.78, 5) is 11.2. The quantitative estimate of drug-likeness (QED) is 0.306. The molecule has 1 saturated heterocycles. The molecule has 1 heterocycles. The van der Waals surface area contributed by atoms with Crippen molar-refractivity contribution in [1.82, 2.24) is 10.0 Å². The van der Waals surface area contributed by atoms with Crippen LogP contribution < -0.4 is 14.8 Å². The van der Waals surface area contributed by atoms with Gasteiger partial charge in [0.15, 0.2) is 6.67 Å². The first-order valence-electron chi connectivity index (χ1n) is 11.0. The van der Waals surface area contributed by atoms with Crippen molar-refractivity contribution >= 4 is 15.9 Å². The SMILES string of the molecule is O=C1CC[N+]([O-])(C/C=C/CCS(=O)(=O)NC2(c3cccc(OCC4CC4)c3)CC2)CN1. The zero-order valence-electron chi connectivity index (χ0n) is 17.7. The highest BCUT2D eigenvalue weighted by molar-refractivity contribution is 7.89. The van der Waals surface area contributed by atoms with Gasteiger partial charge in [-0.05, 0) is 61.8 Å². The Bertz CT molecular complexity index is 928. The van der Waals surface area contributed by atoms with E-state index in [-0.39, 0.29) is 37.8 Å². The van der Waals surface area contributed by atoms with Crippen molar-refractivity contribution in [3.05, 3.63) is 47.2 Å². The molecule has 31 heavy (non-hydrogen) atoms. The summed E-state index contributed by atoms with van der Waals surface area (Å²) in [5.74, 6) is 1.33. The van der Waals surface area contributed by atoms with Crippen LogP contribution in [0, 0.1) is 11.1 Å². The lowest BCUT2D eigenvalue weighted by Crippen LogP contribution is -2.55. The summed E-state index contributed by atoms with van der Waals surface area (Å²) < 4.78 is 33.5. The molecule has 2 saturated carbocycles. The number of benzene rings is 1. The van der Waals surface area contributed by atoms with Crippen LogP contribution in [0.1, 0.15) is 44.1 Å². The third kappa shape index (κ3) is 6.29. The summed E-state index contributed by atoms with van der Waals surface area (Å²) >= 11 is 0. The summed E-state index contributed by atoms with van der Waals surface area (Å²) in [6, 6.07) is 7.74. The van der Waals surface area contributed by atoms with Crippen molar-refractivity contribution in [2.75, 3.05) is 32.1 Å². The molecule has 2 N–H and O–H groups in total. The molecule has 9 heteroatoms. The average Bonchev–Trinajstić information content (AvgIpc) is 3.65. The lowest BCUT2D eigenvalue weighted by Gasteiger charge is -2.44. The van der Waals surface area contributed by atoms with Crippen LogP contribution in [0.3, 0.4) is 0 Å². The highest BCUT2D eigenvalue weighted by Crippen LogP contribution is 2.47. The fourth-order valence-electron chi connectivity index (χ4n) is 3.77. The number of amides is 1. The topological polar surface area (TPSA) is 108 Å². The van der Waals surface area contributed by atoms with Crippen molar-refractivity contribution in [2.45, 2.75) is 44.1 Å². The minimum Gasteiger partial charge on any atom is -0.631 e. The predicted molar refractivity (Wildman–Crippen MR) is 117 cm³/mol. The van der Waals surface area contributed by atoms with Gasteiger partial charge in [-0.3, -0.25) is 4.79 Å². The third-order valence-electron chi connectivity index (χ3n) is 6.14. The molecule has 3 fully saturated rings. The maximum absolute atomic E-state index is 12.6. The molecule has 1 atom stereocenters. The van der Waals surface area contributed by atoms with Gasteiger partial charge in [0.1, 0.15) is 5.75 Å². The highest BCUT2D eigenvalue weighted by Gasteiger charge is 2.47. The molecular formula is C22H31N3O5S. The number of nitrogens with zero attached hydrogens (tertiary/aromatic N) is 1. The molecule has 1 aromatic carbocycles. The van der Waals surface area contributed by atoms with Crippen LogP contribution in [0.4, 0.5) is 0 Å². The Morgan fingerprint density at radius 3 is 2.77 bits per heavy atom. The zero-order chi connectivity index (χ0) is 22.0. The molecule has 1 aliphatic heterocycles. The van der Waals surface area contributed by atoms with E-state index in [4.69, 9.17) is 4.74 Å². The van der Waals surface area contributed by atoms with E-state index in [0.717, 1.165) is 30.8 Å². The van der Waals surface area contributed by atoms with Gasteiger partial charge < -0.3 is 19.9 Å². The average molecular weight is 450 g/mol. The van der Waals surface area contributed by atoms with E-state index in [1.54, 1.807) is 12.2 Å². The Morgan fingerprint density at radius 2 is 2.10 bits per heavy atom. The van der Waals surface area contributed by atoms with Crippen molar-refractivity contribution in [3.63, 3.8) is 0 Å². The largest absolute Gasteiger partial charge is 0.631 e. The number of hydrogen-bond donors (Lipinski definition) is 2. The van der Waals surface area contributed by atoms with E-state index in [1.165, 1.54) is 12.8 Å². The smallest absolute Gasteiger partial charge is 0.229 e. The van der Waals surface area contributed by atoms with Crippen LogP contribution in [0.25, 0.3) is 0 Å². The minimum atomic E-state index is -3.46. The molecular weight excluding hydrogens is 418 g/mol. The number of hydrogen-bond acceptors (Lipinski definition) is 5. The Morgan fingerprint density at radius 1 is 1.29 bits per heavy atom. The van der Waals surface area contributed by atoms with E-state index in [1.807, 2.05) is 24.3 Å². The maximum Gasteiger partial charge on any atom is 0.229 e. The summed E-state index contributed by atoms with van der Waals surface area (Å²) in [6.45, 7) is 1.27. The van der Waals surface area contributed by atoms with Gasteiger partial charge in [-0.25, -0.2) is 13.1 Å². The number of nitrogens with one attached hydrogen (secondary N) is 2. The predicted octanol–water partition coefficient (Wildman–Crippen LogP) is 2.12. The first-order valence-corrected chi connectivity index (χ1v) is 12.7. The molecule has 170 valence electrons. The molecule has 1 amide bonds. The lowest BCUT2D eigenvalue weighted by atomic mass is 10.1. The molecule has 0 spiro atoms. The maximum atomic E-state index is 12.6. The van der Waals surface area contributed by atoms with Gasteiger partial charge in [0.25, 0.3) is 0 Å². The van der Waals surface area contributed by atoms with Gasteiger partial charge in [-0.15, -0.1) is 0 Å². The van der Waals surface area contributed by atoms with Crippen molar-refractivity contribution in [1.29, 1.82) is 0 Å². The van der Waals surface area contributed by atoms with Gasteiger partial charge in [-0.1, -0.05) is 18.2 Å². The minimum absolute atomic E-state index is 0.0291. The monoisotopic (exact) mass is 449 g/mol. The van der Waals surface area contributed by atoms with E-state index < -0.39 is 20.2 Å². The van der Waals surface area contributed by atoms with Crippen LogP contribution in [0.5, 0.6) is 5.75 Å². The Labute approximate surface area is 183 Å². The van der Waals surface area contributed by atoms with Crippen molar-refractivity contribution in [2.24, 2.45) is 5.92 Å². The van der Waals surface area contributed by atoms with Gasteiger partial charge in [0.2, 0.25) is 15.9 Å². The van der Waals surface area contributed by atoms with E-state index in [9.17, 15) is 18.4 Å². The number of ether oxygens (including phenoxy) is 1. The summed E-state index contributed by atoms with van der Waals surface area (Å²) in [5.41, 5.74) is 0.419. The zero-order valence-corrected chi connectivity index (χ0v) is 18.5. The second-order valence-corrected chi connectivity index (χ2v) is 10.9. The number of allylic oxidation sites excluding steroid dienone is 1. The molecule has 0 radical (unpaired) electrons. The summed E-state index contributed by atoms with van der Waals surface area (Å²) in [6.07, 6.45) is 8.01. The third-order valence-corrected chi connectivity index (χ3v) is 7.61. The number of hydroxylamine groups is 3. The number of quaternary nitrogens is 1. The first-order chi connectivity index (χ1) is 14.8. The van der Waals surface area contributed by atoms with Crippen LogP contribution in [-0.4, -0.2) is 51.1 Å². The van der Waals surface area contributed by atoms with Crippen LogP contribution >= 0.6 is 0 Å². The molecule has 1 aromatic rings. The van der Waals surface area contributed by atoms with E-state index in [0.29, 0.717) is 12.3 Å². The van der Waals surface area contributed by atoms with Crippen LogP contribution in [0.2, 0.25) is 0 Å². The Kier molecular flexibility index (Phi) is 6.39. The second-order valence-electron chi connectivity index (χ2n) is 9.02. The van der Waals surface area contributed by atoms with Crippen LogP contribution in [0.15, 0.2) is 36.4 Å². The van der Waals surface area contributed by atoms with Gasteiger partial charge in [0.05, 0.1) is 37.4 Å². The molecule has 1 unspecified atom stereocenters. The molecule has 8 nitrogen and oxygen atoms in total. The van der Waals surface area contributed by atoms with Gasteiger partial charge >= 0.3 is 0 Å². The number of carbonyl (C=O) groups excluding carboxylic acids is 1. The van der Waals surface area contributed by atoms with Crippen LogP contribution in [-0.2, 0) is 20.4 Å². The Balaban J connectivity index is 1.26. The lowest BCUT2D eigenvalue weighted by molar-refractivity contribution is -0.878. The fourth-order valence-corrected chi connectivity index (χ4v) is 5.24. The molecule has 4 rings (SSSR count). The van der Waals surface area contributed by atoms with E-state index in [2.05, 4.69) is 10.0 Å². The van der Waals surface area contributed by atoms with Crippen molar-refractivity contribution in [3.8, 4) is 5.75 Å². The Hall–Kier alpha value is -1.94.